The summed E-state index contributed by atoms with van der Waals surface area (Å²) in [4.78, 5) is 0. The maximum atomic E-state index is 12.4. The molecule has 0 aliphatic rings. The number of benzene rings is 1. The van der Waals surface area contributed by atoms with Gasteiger partial charge in [0.2, 0.25) is 0 Å². The number of thiocarbonyl (C=S) groups is 1. The molecule has 0 bridgehead atoms. The summed E-state index contributed by atoms with van der Waals surface area (Å²) in [5, 5.41) is 6.58. The first-order valence-corrected chi connectivity index (χ1v) is 10.5. The Morgan fingerprint density at radius 2 is 2.05 bits per heavy atom. The number of hydrogen-bond donors (Lipinski definition) is 3. The van der Waals surface area contributed by atoms with E-state index in [1.807, 2.05) is 6.92 Å². The van der Waals surface area contributed by atoms with E-state index < -0.39 is 6.72 Å². The van der Waals surface area contributed by atoms with E-state index in [1.54, 1.807) is 31.2 Å². The van der Waals surface area contributed by atoms with E-state index in [9.17, 15) is 4.57 Å². The predicted octanol–water partition coefficient (Wildman–Crippen LogP) is 4.42. The highest BCUT2D eigenvalue weighted by atomic mass is 35.5. The fraction of sp³-hybridized carbons (Fsp3) is 0.417. The lowest BCUT2D eigenvalue weighted by atomic mass is 10.3. The van der Waals surface area contributed by atoms with E-state index in [0.717, 1.165) is 17.9 Å². The molecule has 1 aromatic carbocycles. The largest absolute Gasteiger partial charge is 0.343 e. The van der Waals surface area contributed by atoms with Crippen molar-refractivity contribution in [3.05, 3.63) is 29.3 Å². The summed E-state index contributed by atoms with van der Waals surface area (Å²) in [6.45, 7) is 1.18. The average molecular weight is 368 g/mol. The molecular weight excluding hydrogens is 349 g/mol. The van der Waals surface area contributed by atoms with Crippen LogP contribution in [0.15, 0.2) is 24.3 Å². The maximum absolute atomic E-state index is 12.4. The first kappa shape index (κ1) is 18.7. The van der Waals surface area contributed by atoms with Crippen LogP contribution in [0.2, 0.25) is 5.02 Å². The summed E-state index contributed by atoms with van der Waals surface area (Å²) in [6, 6.07) is 7.10. The molecule has 0 aliphatic heterocycles. The molecule has 21 heavy (non-hydrogen) atoms. The SMILES string of the molecule is CCCSP(=O)(NNC(=S)Nc1ccc(Cl)cc1)OCC. The smallest absolute Gasteiger partial charge is 0.332 e. The first-order valence-electron chi connectivity index (χ1n) is 6.48. The highest BCUT2D eigenvalue weighted by molar-refractivity contribution is 8.56. The van der Waals surface area contributed by atoms with Gasteiger partial charge in [-0.05, 0) is 49.8 Å². The third kappa shape index (κ3) is 7.49. The molecule has 1 rings (SSSR count). The molecule has 0 heterocycles. The summed E-state index contributed by atoms with van der Waals surface area (Å²) in [6.07, 6.45) is 0.914. The molecule has 0 spiro atoms. The van der Waals surface area contributed by atoms with Crippen molar-refractivity contribution in [3.8, 4) is 0 Å². The van der Waals surface area contributed by atoms with Crippen LogP contribution < -0.4 is 15.9 Å². The normalized spacial score (nSPS) is 13.5. The van der Waals surface area contributed by atoms with Crippen molar-refractivity contribution < 1.29 is 9.09 Å². The zero-order chi connectivity index (χ0) is 15.7. The molecule has 1 aromatic rings. The van der Waals surface area contributed by atoms with Gasteiger partial charge >= 0.3 is 6.72 Å². The summed E-state index contributed by atoms with van der Waals surface area (Å²) in [7, 11) is 0. The minimum Gasteiger partial charge on any atom is -0.332 e. The van der Waals surface area contributed by atoms with Gasteiger partial charge in [-0.3, -0.25) is 9.99 Å². The lowest BCUT2D eigenvalue weighted by molar-refractivity contribution is 0.336. The van der Waals surface area contributed by atoms with Gasteiger partial charge in [-0.15, -0.1) is 0 Å². The summed E-state index contributed by atoms with van der Waals surface area (Å²) in [5.74, 6) is 0.739. The van der Waals surface area contributed by atoms with Crippen molar-refractivity contribution in [2.24, 2.45) is 0 Å². The summed E-state index contributed by atoms with van der Waals surface area (Å²) < 4.78 is 17.7. The maximum Gasteiger partial charge on any atom is 0.343 e. The molecule has 0 saturated heterocycles. The summed E-state index contributed by atoms with van der Waals surface area (Å²) >= 11 is 12.2. The van der Waals surface area contributed by atoms with E-state index in [4.69, 9.17) is 28.3 Å². The Kier molecular flexibility index (Phi) is 8.63. The monoisotopic (exact) mass is 367 g/mol. The quantitative estimate of drug-likeness (QED) is 0.357. The third-order valence-corrected chi connectivity index (χ3v) is 6.70. The molecule has 0 amide bonds. The van der Waals surface area contributed by atoms with E-state index in [2.05, 4.69) is 15.9 Å². The number of nitrogens with one attached hydrogen (secondary N) is 3. The van der Waals surface area contributed by atoms with Gasteiger partial charge in [0.1, 0.15) is 0 Å². The Bertz CT molecular complexity index is 502. The van der Waals surface area contributed by atoms with Gasteiger partial charge in [0.05, 0.1) is 6.61 Å². The number of rotatable bonds is 8. The fourth-order valence-corrected chi connectivity index (χ4v) is 5.02. The molecule has 0 radical (unpaired) electrons. The highest BCUT2D eigenvalue weighted by Gasteiger charge is 2.22. The van der Waals surface area contributed by atoms with Gasteiger partial charge in [0.15, 0.2) is 5.11 Å². The minimum atomic E-state index is -3.00. The Hall–Kier alpha value is -0.300. The van der Waals surface area contributed by atoms with Gasteiger partial charge in [-0.1, -0.05) is 29.9 Å². The van der Waals surface area contributed by atoms with Crippen LogP contribution >= 0.6 is 41.9 Å². The van der Waals surface area contributed by atoms with Crippen molar-refractivity contribution in [1.29, 1.82) is 0 Å². The molecule has 5 nitrogen and oxygen atoms in total. The van der Waals surface area contributed by atoms with Crippen LogP contribution in [0.5, 0.6) is 0 Å². The second kappa shape index (κ2) is 9.66. The number of halogens is 1. The molecule has 9 heteroatoms. The zero-order valence-corrected chi connectivity index (χ0v) is 15.2. The topological polar surface area (TPSA) is 62.4 Å². The van der Waals surface area contributed by atoms with Crippen LogP contribution in [0, 0.1) is 0 Å². The predicted molar refractivity (Wildman–Crippen MR) is 95.9 cm³/mol. The van der Waals surface area contributed by atoms with Crippen LogP contribution in [-0.4, -0.2) is 17.5 Å². The fourth-order valence-electron chi connectivity index (χ4n) is 1.30. The van der Waals surface area contributed by atoms with Crippen LogP contribution in [-0.2, 0) is 9.09 Å². The third-order valence-electron chi connectivity index (χ3n) is 2.17. The van der Waals surface area contributed by atoms with Crippen LogP contribution in [0.1, 0.15) is 20.3 Å². The molecule has 0 aliphatic carbocycles. The Labute approximate surface area is 139 Å². The Morgan fingerprint density at radius 3 is 2.62 bits per heavy atom. The lowest BCUT2D eigenvalue weighted by Gasteiger charge is -2.19. The van der Waals surface area contributed by atoms with Gasteiger partial charge in [-0.2, -0.15) is 5.20 Å². The van der Waals surface area contributed by atoms with Gasteiger partial charge in [-0.25, -0.2) is 0 Å². The Balaban J connectivity index is 2.49. The molecule has 3 N–H and O–H groups in total. The number of hydrazine groups is 1. The standard InChI is InChI=1S/C12H19ClN3O2PS2/c1-3-9-21-19(17,18-4-2)16-15-12(20)14-11-7-5-10(13)6-8-11/h5-8H,3-4,9H2,1-2H3,(H,16,17)(H2,14,15,20). The van der Waals surface area contributed by atoms with Crippen LogP contribution in [0.3, 0.4) is 0 Å². The molecule has 1 atom stereocenters. The van der Waals surface area contributed by atoms with Crippen molar-refractivity contribution in [2.75, 3.05) is 17.7 Å². The van der Waals surface area contributed by atoms with E-state index in [1.165, 1.54) is 11.4 Å². The van der Waals surface area contributed by atoms with Crippen molar-refractivity contribution in [2.45, 2.75) is 20.3 Å². The van der Waals surface area contributed by atoms with Crippen LogP contribution in [0.4, 0.5) is 5.69 Å². The van der Waals surface area contributed by atoms with E-state index >= 15 is 0 Å². The zero-order valence-electron chi connectivity index (χ0n) is 11.9. The molecule has 0 saturated carbocycles. The van der Waals surface area contributed by atoms with Crippen molar-refractivity contribution >= 4 is 52.7 Å². The first-order chi connectivity index (χ1) is 9.99. The second-order valence-corrected chi connectivity index (χ2v) is 9.15. The number of hydrogen-bond acceptors (Lipinski definition) is 4. The summed E-state index contributed by atoms with van der Waals surface area (Å²) in [5.41, 5.74) is 3.49. The van der Waals surface area contributed by atoms with E-state index in [-0.39, 0.29) is 0 Å². The van der Waals surface area contributed by atoms with Gasteiger partial charge in [0, 0.05) is 16.5 Å². The van der Waals surface area contributed by atoms with Crippen LogP contribution in [0.25, 0.3) is 0 Å². The molecule has 0 fully saturated rings. The van der Waals surface area contributed by atoms with Gasteiger partial charge < -0.3 is 9.84 Å². The molecular formula is C12H19ClN3O2PS2. The van der Waals surface area contributed by atoms with Crippen molar-refractivity contribution in [1.82, 2.24) is 10.6 Å². The Morgan fingerprint density at radius 1 is 1.38 bits per heavy atom. The minimum absolute atomic E-state index is 0.300. The molecule has 1 unspecified atom stereocenters. The van der Waals surface area contributed by atoms with Crippen molar-refractivity contribution in [3.63, 3.8) is 0 Å². The lowest BCUT2D eigenvalue weighted by Crippen LogP contribution is -2.38. The second-order valence-electron chi connectivity index (χ2n) is 3.95. The van der Waals surface area contributed by atoms with E-state index in [0.29, 0.717) is 16.7 Å². The van der Waals surface area contributed by atoms with Gasteiger partial charge in [0.25, 0.3) is 0 Å². The average Bonchev–Trinajstić information content (AvgIpc) is 2.46. The molecule has 118 valence electrons. The molecule has 0 aromatic heterocycles. The number of anilines is 1. The highest BCUT2D eigenvalue weighted by Crippen LogP contribution is 2.55.